The van der Waals surface area contributed by atoms with E-state index in [-0.39, 0.29) is 5.41 Å². The van der Waals surface area contributed by atoms with Gasteiger partial charge in [-0.15, -0.1) is 0 Å². The molecule has 0 aliphatic carbocycles. The first-order valence-electron chi connectivity index (χ1n) is 6.79. The predicted molar refractivity (Wildman–Crippen MR) is 82.7 cm³/mol. The van der Waals surface area contributed by atoms with E-state index in [9.17, 15) is 0 Å². The normalized spacial score (nSPS) is 11.4. The molecule has 0 unspecified atom stereocenters. The summed E-state index contributed by atoms with van der Waals surface area (Å²) in [6, 6.07) is 0. The SMILES string of the molecule is CCCCCC(C)(C)CNc1ncc(Br)c(OC)n1. The average molecular weight is 330 g/mol. The smallest absolute Gasteiger partial charge is 0.232 e. The Morgan fingerprint density at radius 1 is 1.37 bits per heavy atom. The summed E-state index contributed by atoms with van der Waals surface area (Å²) >= 11 is 3.35. The highest BCUT2D eigenvalue weighted by Gasteiger charge is 2.17. The van der Waals surface area contributed by atoms with Crippen LogP contribution in [-0.4, -0.2) is 23.6 Å². The summed E-state index contributed by atoms with van der Waals surface area (Å²) in [6.45, 7) is 7.63. The number of unbranched alkanes of at least 4 members (excludes halogenated alkanes) is 2. The lowest BCUT2D eigenvalue weighted by Gasteiger charge is -2.25. The van der Waals surface area contributed by atoms with Crippen LogP contribution in [0.4, 0.5) is 5.95 Å². The molecule has 0 saturated carbocycles. The molecule has 1 aromatic heterocycles. The van der Waals surface area contributed by atoms with E-state index in [1.807, 2.05) is 0 Å². The molecule has 1 aromatic rings. The Balaban J connectivity index is 2.51. The van der Waals surface area contributed by atoms with E-state index in [1.165, 1.54) is 25.7 Å². The van der Waals surface area contributed by atoms with E-state index < -0.39 is 0 Å². The van der Waals surface area contributed by atoms with Gasteiger partial charge in [-0.2, -0.15) is 4.98 Å². The maximum absolute atomic E-state index is 5.16. The molecule has 19 heavy (non-hydrogen) atoms. The van der Waals surface area contributed by atoms with Gasteiger partial charge in [0.05, 0.1) is 17.8 Å². The lowest BCUT2D eigenvalue weighted by atomic mass is 9.87. The van der Waals surface area contributed by atoms with Crippen LogP contribution < -0.4 is 10.1 Å². The topological polar surface area (TPSA) is 47.0 Å². The van der Waals surface area contributed by atoms with E-state index >= 15 is 0 Å². The van der Waals surface area contributed by atoms with Gasteiger partial charge in [-0.05, 0) is 27.8 Å². The summed E-state index contributed by atoms with van der Waals surface area (Å²) in [4.78, 5) is 8.54. The number of hydrogen-bond donors (Lipinski definition) is 1. The third kappa shape index (κ3) is 5.76. The molecular weight excluding hydrogens is 306 g/mol. The Hall–Kier alpha value is -0.840. The molecule has 1 N–H and O–H groups in total. The van der Waals surface area contributed by atoms with E-state index in [0.29, 0.717) is 11.8 Å². The second-order valence-electron chi connectivity index (χ2n) is 5.53. The third-order valence-electron chi connectivity index (χ3n) is 3.09. The molecule has 108 valence electrons. The minimum atomic E-state index is 0.249. The Labute approximate surface area is 124 Å². The van der Waals surface area contributed by atoms with Crippen molar-refractivity contribution in [3.8, 4) is 5.88 Å². The van der Waals surface area contributed by atoms with Crippen LogP contribution in [0, 0.1) is 5.41 Å². The van der Waals surface area contributed by atoms with E-state index in [4.69, 9.17) is 4.74 Å². The molecule has 4 nitrogen and oxygen atoms in total. The summed E-state index contributed by atoms with van der Waals surface area (Å²) in [5.74, 6) is 1.17. The van der Waals surface area contributed by atoms with Crippen molar-refractivity contribution in [3.05, 3.63) is 10.7 Å². The van der Waals surface area contributed by atoms with Gasteiger partial charge in [-0.1, -0.05) is 40.0 Å². The predicted octanol–water partition coefficient (Wildman–Crippen LogP) is 4.27. The van der Waals surface area contributed by atoms with Gasteiger partial charge in [0, 0.05) is 6.54 Å². The summed E-state index contributed by atoms with van der Waals surface area (Å²) in [5, 5.41) is 3.29. The highest BCUT2D eigenvalue weighted by molar-refractivity contribution is 9.10. The molecule has 0 radical (unpaired) electrons. The Morgan fingerprint density at radius 3 is 2.74 bits per heavy atom. The van der Waals surface area contributed by atoms with Crippen molar-refractivity contribution in [1.82, 2.24) is 9.97 Å². The van der Waals surface area contributed by atoms with Crippen LogP contribution in [0.1, 0.15) is 46.5 Å². The molecule has 0 bridgehead atoms. The monoisotopic (exact) mass is 329 g/mol. The first-order valence-corrected chi connectivity index (χ1v) is 7.58. The fourth-order valence-corrected chi connectivity index (χ4v) is 2.19. The van der Waals surface area contributed by atoms with Gasteiger partial charge in [0.1, 0.15) is 0 Å². The lowest BCUT2D eigenvalue weighted by Crippen LogP contribution is -2.24. The van der Waals surface area contributed by atoms with Gasteiger partial charge in [0.15, 0.2) is 0 Å². The van der Waals surface area contributed by atoms with Crippen LogP contribution in [0.15, 0.2) is 10.7 Å². The van der Waals surface area contributed by atoms with E-state index in [1.54, 1.807) is 13.3 Å². The molecular formula is C14H24BrN3O. The van der Waals surface area contributed by atoms with Gasteiger partial charge < -0.3 is 10.1 Å². The highest BCUT2D eigenvalue weighted by atomic mass is 79.9. The first-order chi connectivity index (χ1) is 8.98. The van der Waals surface area contributed by atoms with Crippen molar-refractivity contribution in [1.29, 1.82) is 0 Å². The van der Waals surface area contributed by atoms with Crippen molar-refractivity contribution < 1.29 is 4.74 Å². The number of nitrogens with one attached hydrogen (secondary N) is 1. The third-order valence-corrected chi connectivity index (χ3v) is 3.63. The van der Waals surface area contributed by atoms with Gasteiger partial charge in [-0.25, -0.2) is 4.98 Å². The molecule has 0 saturated heterocycles. The van der Waals surface area contributed by atoms with Crippen LogP contribution >= 0.6 is 15.9 Å². The summed E-state index contributed by atoms with van der Waals surface area (Å²) in [5.41, 5.74) is 0.249. The van der Waals surface area contributed by atoms with Gasteiger partial charge in [0.25, 0.3) is 0 Å². The fourth-order valence-electron chi connectivity index (χ4n) is 1.84. The van der Waals surface area contributed by atoms with Crippen LogP contribution in [0.5, 0.6) is 5.88 Å². The summed E-state index contributed by atoms with van der Waals surface area (Å²) in [7, 11) is 1.60. The molecule has 1 rings (SSSR count). The molecule has 0 fully saturated rings. The molecule has 0 atom stereocenters. The highest BCUT2D eigenvalue weighted by Crippen LogP contribution is 2.25. The van der Waals surface area contributed by atoms with Gasteiger partial charge in [-0.3, -0.25) is 0 Å². The molecule has 0 aliphatic heterocycles. The van der Waals surface area contributed by atoms with Crippen molar-refractivity contribution in [3.63, 3.8) is 0 Å². The molecule has 0 spiro atoms. The number of anilines is 1. The van der Waals surface area contributed by atoms with Crippen LogP contribution in [0.3, 0.4) is 0 Å². The molecule has 0 amide bonds. The Bertz CT molecular complexity index is 396. The first kappa shape index (κ1) is 16.2. The number of rotatable bonds is 8. The van der Waals surface area contributed by atoms with E-state index in [0.717, 1.165) is 11.0 Å². The zero-order chi connectivity index (χ0) is 14.3. The van der Waals surface area contributed by atoms with Crippen LogP contribution in [0.2, 0.25) is 0 Å². The van der Waals surface area contributed by atoms with E-state index in [2.05, 4.69) is 52.0 Å². The Morgan fingerprint density at radius 2 is 2.11 bits per heavy atom. The molecule has 5 heteroatoms. The second-order valence-corrected chi connectivity index (χ2v) is 6.38. The molecule has 1 heterocycles. The minimum Gasteiger partial charge on any atom is -0.480 e. The number of ether oxygens (including phenoxy) is 1. The van der Waals surface area contributed by atoms with Crippen LogP contribution in [-0.2, 0) is 0 Å². The molecule has 0 aliphatic rings. The number of methoxy groups -OCH3 is 1. The number of halogens is 1. The van der Waals surface area contributed by atoms with Crippen molar-refractivity contribution >= 4 is 21.9 Å². The van der Waals surface area contributed by atoms with Gasteiger partial charge >= 0.3 is 0 Å². The molecule has 0 aromatic carbocycles. The van der Waals surface area contributed by atoms with Crippen molar-refractivity contribution in [2.24, 2.45) is 5.41 Å². The average Bonchev–Trinajstić information content (AvgIpc) is 2.38. The van der Waals surface area contributed by atoms with Crippen LogP contribution in [0.25, 0.3) is 0 Å². The minimum absolute atomic E-state index is 0.249. The summed E-state index contributed by atoms with van der Waals surface area (Å²) in [6.07, 6.45) is 6.75. The maximum atomic E-state index is 5.16. The lowest BCUT2D eigenvalue weighted by molar-refractivity contribution is 0.341. The maximum Gasteiger partial charge on any atom is 0.232 e. The van der Waals surface area contributed by atoms with Crippen molar-refractivity contribution in [2.45, 2.75) is 46.5 Å². The standard InChI is InChI=1S/C14H24BrN3O/c1-5-6-7-8-14(2,3)10-17-13-16-9-11(15)12(18-13)19-4/h9H,5-8,10H2,1-4H3,(H,16,17,18). The van der Waals surface area contributed by atoms with Gasteiger partial charge in [0.2, 0.25) is 11.8 Å². The quantitative estimate of drug-likeness (QED) is 0.723. The number of nitrogens with zero attached hydrogens (tertiary/aromatic N) is 2. The summed E-state index contributed by atoms with van der Waals surface area (Å²) < 4.78 is 5.93. The zero-order valence-corrected chi connectivity index (χ0v) is 13.9. The number of aromatic nitrogens is 2. The largest absolute Gasteiger partial charge is 0.480 e. The second kappa shape index (κ2) is 7.68. The Kier molecular flexibility index (Phi) is 6.55. The zero-order valence-electron chi connectivity index (χ0n) is 12.3. The number of hydrogen-bond acceptors (Lipinski definition) is 4. The van der Waals surface area contributed by atoms with Crippen molar-refractivity contribution in [2.75, 3.05) is 19.0 Å². The fraction of sp³-hybridized carbons (Fsp3) is 0.714.